The van der Waals surface area contributed by atoms with Gasteiger partial charge in [-0.1, -0.05) is 60.2 Å². The molecule has 0 saturated heterocycles. The van der Waals surface area contributed by atoms with Gasteiger partial charge < -0.3 is 0 Å². The van der Waals surface area contributed by atoms with E-state index in [1.807, 2.05) is 6.07 Å². The maximum atomic E-state index is 9.63. The van der Waals surface area contributed by atoms with Gasteiger partial charge in [-0.3, -0.25) is 0 Å². The van der Waals surface area contributed by atoms with Crippen molar-refractivity contribution in [1.82, 2.24) is 0 Å². The van der Waals surface area contributed by atoms with Crippen molar-refractivity contribution in [2.45, 2.75) is 51.4 Å². The van der Waals surface area contributed by atoms with Crippen molar-refractivity contribution in [3.8, 4) is 6.07 Å². The highest BCUT2D eigenvalue weighted by atomic mass is 79.9. The average molecular weight is 306 g/mol. The first-order valence-corrected chi connectivity index (χ1v) is 7.69. The molecule has 0 spiro atoms. The maximum absolute atomic E-state index is 9.63. The van der Waals surface area contributed by atoms with Gasteiger partial charge in [-0.25, -0.2) is 0 Å². The molecule has 0 atom stereocenters. The summed E-state index contributed by atoms with van der Waals surface area (Å²) in [6, 6.07) is 11.0. The molecule has 18 heavy (non-hydrogen) atoms. The number of rotatable bonds is 2. The average Bonchev–Trinajstić information content (AvgIpc) is 2.33. The van der Waals surface area contributed by atoms with Gasteiger partial charge in [-0.2, -0.15) is 5.26 Å². The van der Waals surface area contributed by atoms with Crippen LogP contribution in [0.15, 0.2) is 28.7 Å². The van der Waals surface area contributed by atoms with Gasteiger partial charge in [-0.05, 0) is 37.0 Å². The summed E-state index contributed by atoms with van der Waals surface area (Å²) in [6.45, 7) is 0. The molecule has 1 aliphatic rings. The lowest BCUT2D eigenvalue weighted by Gasteiger charge is -2.28. The lowest BCUT2D eigenvalue weighted by Crippen LogP contribution is -2.23. The van der Waals surface area contributed by atoms with Gasteiger partial charge in [-0.15, -0.1) is 0 Å². The molecular weight excluding hydrogens is 286 g/mol. The molecule has 0 bridgehead atoms. The highest BCUT2D eigenvalue weighted by molar-refractivity contribution is 9.10. The number of benzene rings is 1. The fraction of sp³-hybridized carbons (Fsp3) is 0.562. The Bertz CT molecular complexity index is 425. The van der Waals surface area contributed by atoms with Gasteiger partial charge in [0.25, 0.3) is 0 Å². The molecule has 96 valence electrons. The third-order valence-electron chi connectivity index (χ3n) is 3.98. The molecule has 0 heterocycles. The first kappa shape index (κ1) is 13.6. The Morgan fingerprint density at radius 2 is 1.78 bits per heavy atom. The van der Waals surface area contributed by atoms with Crippen LogP contribution in [0.25, 0.3) is 0 Å². The summed E-state index contributed by atoms with van der Waals surface area (Å²) in [5.41, 5.74) is 1.16. The van der Waals surface area contributed by atoms with E-state index in [1.54, 1.807) is 0 Å². The van der Waals surface area contributed by atoms with Gasteiger partial charge in [0.05, 0.1) is 11.5 Å². The van der Waals surface area contributed by atoms with Gasteiger partial charge in [0, 0.05) is 4.47 Å². The molecule has 1 aromatic rings. The quantitative estimate of drug-likeness (QED) is 0.732. The van der Waals surface area contributed by atoms with E-state index >= 15 is 0 Å². The van der Waals surface area contributed by atoms with E-state index in [0.29, 0.717) is 0 Å². The third kappa shape index (κ3) is 3.59. The van der Waals surface area contributed by atoms with Gasteiger partial charge in [0.15, 0.2) is 0 Å². The largest absolute Gasteiger partial charge is 0.198 e. The van der Waals surface area contributed by atoms with Crippen LogP contribution in [0.5, 0.6) is 0 Å². The molecule has 1 aromatic carbocycles. The van der Waals surface area contributed by atoms with Crippen molar-refractivity contribution in [2.75, 3.05) is 0 Å². The smallest absolute Gasteiger partial charge is 0.0693 e. The van der Waals surface area contributed by atoms with E-state index < -0.39 is 0 Å². The number of nitrogens with zero attached hydrogens (tertiary/aromatic N) is 1. The van der Waals surface area contributed by atoms with Crippen LogP contribution in [0.4, 0.5) is 0 Å². The monoisotopic (exact) mass is 305 g/mol. The molecule has 0 unspecified atom stereocenters. The highest BCUT2D eigenvalue weighted by Crippen LogP contribution is 2.37. The maximum Gasteiger partial charge on any atom is 0.0693 e. The molecule has 0 aliphatic heterocycles. The van der Waals surface area contributed by atoms with Crippen molar-refractivity contribution in [1.29, 1.82) is 5.26 Å². The van der Waals surface area contributed by atoms with Crippen LogP contribution in [0.2, 0.25) is 0 Å². The number of halogens is 1. The minimum atomic E-state index is -0.124. The molecular formula is C16H20BrN. The van der Waals surface area contributed by atoms with Crippen LogP contribution in [0, 0.1) is 16.7 Å². The Morgan fingerprint density at radius 3 is 2.39 bits per heavy atom. The summed E-state index contributed by atoms with van der Waals surface area (Å²) >= 11 is 3.51. The minimum Gasteiger partial charge on any atom is -0.198 e. The predicted molar refractivity (Wildman–Crippen MR) is 78.2 cm³/mol. The van der Waals surface area contributed by atoms with Crippen LogP contribution in [-0.2, 0) is 6.42 Å². The number of hydrogen-bond acceptors (Lipinski definition) is 1. The summed E-state index contributed by atoms with van der Waals surface area (Å²) in [5, 5.41) is 9.63. The van der Waals surface area contributed by atoms with E-state index in [2.05, 4.69) is 40.2 Å². The van der Waals surface area contributed by atoms with Crippen LogP contribution in [0.1, 0.15) is 50.5 Å². The van der Waals surface area contributed by atoms with Crippen molar-refractivity contribution < 1.29 is 0 Å². The summed E-state index contributed by atoms with van der Waals surface area (Å²) in [7, 11) is 0. The Kier molecular flexibility index (Phi) is 4.83. The fourth-order valence-corrected chi connectivity index (χ4v) is 3.39. The minimum absolute atomic E-state index is 0.124. The summed E-state index contributed by atoms with van der Waals surface area (Å²) < 4.78 is 1.11. The molecule has 1 fully saturated rings. The Labute approximate surface area is 118 Å². The molecule has 1 nitrogen and oxygen atoms in total. The molecule has 1 saturated carbocycles. The van der Waals surface area contributed by atoms with Crippen LogP contribution < -0.4 is 0 Å². The zero-order valence-electron chi connectivity index (χ0n) is 10.8. The van der Waals surface area contributed by atoms with Crippen molar-refractivity contribution in [3.63, 3.8) is 0 Å². The molecule has 2 heteroatoms. The Hall–Kier alpha value is -0.810. The van der Waals surface area contributed by atoms with Crippen LogP contribution >= 0.6 is 15.9 Å². The van der Waals surface area contributed by atoms with E-state index in [9.17, 15) is 5.26 Å². The lowest BCUT2D eigenvalue weighted by molar-refractivity contribution is 0.287. The third-order valence-corrected chi connectivity index (χ3v) is 4.47. The van der Waals surface area contributed by atoms with E-state index in [1.165, 1.54) is 37.7 Å². The molecule has 1 aliphatic carbocycles. The van der Waals surface area contributed by atoms with Gasteiger partial charge >= 0.3 is 0 Å². The number of nitriles is 1. The van der Waals surface area contributed by atoms with E-state index in [0.717, 1.165) is 23.7 Å². The summed E-state index contributed by atoms with van der Waals surface area (Å²) in [6.07, 6.45) is 9.39. The van der Waals surface area contributed by atoms with E-state index in [4.69, 9.17) is 0 Å². The van der Waals surface area contributed by atoms with Crippen molar-refractivity contribution in [3.05, 3.63) is 34.3 Å². The lowest BCUT2D eigenvalue weighted by atomic mass is 9.73. The predicted octanol–water partition coefficient (Wildman–Crippen LogP) is 5.25. The second kappa shape index (κ2) is 6.38. The highest BCUT2D eigenvalue weighted by Gasteiger charge is 2.30. The number of hydrogen-bond donors (Lipinski definition) is 0. The first-order valence-electron chi connectivity index (χ1n) is 6.90. The molecule has 2 rings (SSSR count). The Balaban J connectivity index is 2.13. The molecule has 0 aromatic heterocycles. The second-order valence-electron chi connectivity index (χ2n) is 5.47. The van der Waals surface area contributed by atoms with Crippen molar-refractivity contribution in [2.24, 2.45) is 5.41 Å². The second-order valence-corrected chi connectivity index (χ2v) is 6.38. The molecule has 0 amide bonds. The molecule has 0 radical (unpaired) electrons. The summed E-state index contributed by atoms with van der Waals surface area (Å²) in [4.78, 5) is 0. The molecule has 0 N–H and O–H groups in total. The zero-order valence-corrected chi connectivity index (χ0v) is 12.4. The van der Waals surface area contributed by atoms with Crippen molar-refractivity contribution >= 4 is 15.9 Å². The van der Waals surface area contributed by atoms with Gasteiger partial charge in [0.2, 0.25) is 0 Å². The topological polar surface area (TPSA) is 23.8 Å². The Morgan fingerprint density at radius 1 is 1.11 bits per heavy atom. The fourth-order valence-electron chi connectivity index (χ4n) is 2.95. The SMILES string of the molecule is N#CC1(Cc2cccc(Br)c2)CCCCCCC1. The first-order chi connectivity index (χ1) is 8.74. The van der Waals surface area contributed by atoms with Crippen LogP contribution in [0.3, 0.4) is 0 Å². The zero-order chi connectivity index (χ0) is 12.8. The van der Waals surface area contributed by atoms with E-state index in [-0.39, 0.29) is 5.41 Å². The summed E-state index contributed by atoms with van der Waals surface area (Å²) in [5.74, 6) is 0. The van der Waals surface area contributed by atoms with Gasteiger partial charge in [0.1, 0.15) is 0 Å². The van der Waals surface area contributed by atoms with Crippen LogP contribution in [-0.4, -0.2) is 0 Å². The standard InChI is InChI=1S/C16H20BrN/c17-15-8-6-7-14(11-15)12-16(13-18)9-4-2-1-3-5-10-16/h6-8,11H,1-5,9-10,12H2. The normalized spacial score (nSPS) is 19.6.